The molecule has 1 aliphatic heterocycles. The van der Waals surface area contributed by atoms with Gasteiger partial charge in [0.15, 0.2) is 14.9 Å². The molecule has 1 amide bonds. The van der Waals surface area contributed by atoms with Crippen molar-refractivity contribution in [2.45, 2.75) is 70.8 Å². The Labute approximate surface area is 175 Å². The number of carbonyl (C=O) groups excluding carboxylic acids is 2. The Morgan fingerprint density at radius 2 is 1.86 bits per heavy atom. The number of hydrogen-bond acceptors (Lipinski definition) is 4. The summed E-state index contributed by atoms with van der Waals surface area (Å²) in [6, 6.07) is 8.94. The molecule has 1 aromatic rings. The van der Waals surface area contributed by atoms with Gasteiger partial charge in [0.2, 0.25) is 5.91 Å². The molecule has 1 aromatic carbocycles. The maximum atomic E-state index is 12.1. The molecule has 29 heavy (non-hydrogen) atoms. The number of amides is 1. The van der Waals surface area contributed by atoms with Crippen LogP contribution in [0.25, 0.3) is 0 Å². The molecule has 0 aliphatic carbocycles. The van der Waals surface area contributed by atoms with Gasteiger partial charge in [-0.3, -0.25) is 4.79 Å². The lowest BCUT2D eigenvalue weighted by Gasteiger charge is -2.45. The van der Waals surface area contributed by atoms with Crippen molar-refractivity contribution in [3.8, 4) is 11.8 Å². The molecule has 6 heteroatoms. The first kappa shape index (κ1) is 23.2. The highest BCUT2D eigenvalue weighted by atomic mass is 28.4. The number of benzene rings is 1. The first-order valence-corrected chi connectivity index (χ1v) is 13.1. The van der Waals surface area contributed by atoms with Gasteiger partial charge in [0, 0.05) is 12.5 Å². The van der Waals surface area contributed by atoms with Gasteiger partial charge >= 0.3 is 5.97 Å². The molecular weight excluding hydrogens is 382 g/mol. The number of carbonyl (C=O) groups is 2. The molecule has 3 atom stereocenters. The van der Waals surface area contributed by atoms with E-state index in [1.807, 2.05) is 13.0 Å². The molecule has 0 spiro atoms. The predicted molar refractivity (Wildman–Crippen MR) is 117 cm³/mol. The van der Waals surface area contributed by atoms with Crippen LogP contribution in [0.5, 0.6) is 0 Å². The summed E-state index contributed by atoms with van der Waals surface area (Å²) in [5.41, 5.74) is 0.519. The average molecular weight is 416 g/mol. The van der Waals surface area contributed by atoms with Gasteiger partial charge in [-0.25, -0.2) is 4.79 Å². The first-order valence-electron chi connectivity index (χ1n) is 10.2. The Kier molecular flexibility index (Phi) is 7.67. The highest BCUT2D eigenvalue weighted by molar-refractivity contribution is 6.74. The zero-order chi connectivity index (χ0) is 21.7. The summed E-state index contributed by atoms with van der Waals surface area (Å²) < 4.78 is 11.5. The van der Waals surface area contributed by atoms with E-state index in [1.54, 1.807) is 24.3 Å². The van der Waals surface area contributed by atoms with Crippen molar-refractivity contribution in [3.63, 3.8) is 0 Å². The zero-order valence-corrected chi connectivity index (χ0v) is 19.4. The molecule has 158 valence electrons. The van der Waals surface area contributed by atoms with Crippen LogP contribution in [0.1, 0.15) is 50.9 Å². The van der Waals surface area contributed by atoms with Crippen LogP contribution in [-0.4, -0.2) is 38.9 Å². The zero-order valence-electron chi connectivity index (χ0n) is 18.4. The van der Waals surface area contributed by atoms with Crippen molar-refractivity contribution in [2.75, 3.05) is 6.61 Å². The van der Waals surface area contributed by atoms with E-state index in [0.717, 1.165) is 6.42 Å². The summed E-state index contributed by atoms with van der Waals surface area (Å²) in [4.78, 5) is 23.9. The van der Waals surface area contributed by atoms with Gasteiger partial charge in [-0.15, -0.1) is 0 Å². The highest BCUT2D eigenvalue weighted by Gasteiger charge is 2.46. The lowest BCUT2D eigenvalue weighted by molar-refractivity contribution is -0.140. The van der Waals surface area contributed by atoms with Crippen molar-refractivity contribution < 1.29 is 18.8 Å². The van der Waals surface area contributed by atoms with Crippen molar-refractivity contribution >= 4 is 20.2 Å². The number of rotatable bonds is 7. The van der Waals surface area contributed by atoms with Gasteiger partial charge in [-0.2, -0.15) is 0 Å². The van der Waals surface area contributed by atoms with Crippen LogP contribution in [0.4, 0.5) is 0 Å². The fraction of sp³-hybridized carbons (Fsp3) is 0.565. The standard InChI is InChI=1S/C23H33NO4Si/c1-17(28-29(5,6)23(2,3)4)20-19(24-21(20)25)15-11-8-12-16-27-22(26)18-13-9-7-10-14-18/h7,9-10,13-14,17,19-20H,11,15-16H2,1-6H3,(H,24,25)/t17-,19-,20-/m1/s1. The van der Waals surface area contributed by atoms with E-state index in [0.29, 0.717) is 12.0 Å². The normalized spacial score (nSPS) is 20.0. The molecular formula is C23H33NO4Si. The minimum Gasteiger partial charge on any atom is -0.449 e. The van der Waals surface area contributed by atoms with E-state index in [-0.39, 0.29) is 41.6 Å². The van der Waals surface area contributed by atoms with E-state index >= 15 is 0 Å². The minimum absolute atomic E-state index is 0.0611. The molecule has 0 unspecified atom stereocenters. The average Bonchev–Trinajstić information content (AvgIpc) is 2.62. The predicted octanol–water partition coefficient (Wildman–Crippen LogP) is 4.15. The summed E-state index contributed by atoms with van der Waals surface area (Å²) in [6.07, 6.45) is 1.30. The second kappa shape index (κ2) is 9.60. The molecule has 0 aromatic heterocycles. The molecule has 2 rings (SSSR count). The third-order valence-corrected chi connectivity index (χ3v) is 10.4. The topological polar surface area (TPSA) is 64.6 Å². The fourth-order valence-corrected chi connectivity index (χ4v) is 4.52. The van der Waals surface area contributed by atoms with E-state index < -0.39 is 8.32 Å². The Bertz CT molecular complexity index is 774. The van der Waals surface area contributed by atoms with Crippen LogP contribution in [0.3, 0.4) is 0 Å². The lowest BCUT2D eigenvalue weighted by atomic mass is 9.83. The van der Waals surface area contributed by atoms with Crippen LogP contribution >= 0.6 is 0 Å². The summed E-state index contributed by atoms with van der Waals surface area (Å²) in [7, 11) is -1.92. The molecule has 1 saturated heterocycles. The van der Waals surface area contributed by atoms with Crippen LogP contribution < -0.4 is 5.32 Å². The molecule has 0 saturated carbocycles. The second-order valence-electron chi connectivity index (χ2n) is 9.06. The lowest BCUT2D eigenvalue weighted by Crippen LogP contribution is -2.63. The van der Waals surface area contributed by atoms with E-state index in [9.17, 15) is 9.59 Å². The Morgan fingerprint density at radius 1 is 1.21 bits per heavy atom. The van der Waals surface area contributed by atoms with E-state index in [1.165, 1.54) is 0 Å². The van der Waals surface area contributed by atoms with Crippen molar-refractivity contribution in [1.29, 1.82) is 0 Å². The molecule has 0 bridgehead atoms. The van der Waals surface area contributed by atoms with Crippen molar-refractivity contribution in [2.24, 2.45) is 5.92 Å². The van der Waals surface area contributed by atoms with E-state index in [2.05, 4.69) is 51.0 Å². The number of hydrogen-bond donors (Lipinski definition) is 1. The number of esters is 1. The summed E-state index contributed by atoms with van der Waals surface area (Å²) in [5.74, 6) is 5.47. The maximum absolute atomic E-state index is 12.1. The molecule has 0 radical (unpaired) electrons. The quantitative estimate of drug-likeness (QED) is 0.314. The fourth-order valence-electron chi connectivity index (χ4n) is 3.09. The smallest absolute Gasteiger partial charge is 0.339 e. The SMILES string of the molecule is C[C@@H](O[Si](C)(C)C(C)(C)C)[C@H]1C(=O)N[C@@H]1CCC#CCOC(=O)c1ccccc1. The van der Waals surface area contributed by atoms with Crippen molar-refractivity contribution in [1.82, 2.24) is 5.32 Å². The van der Waals surface area contributed by atoms with Gasteiger partial charge in [0.05, 0.1) is 17.6 Å². The summed E-state index contributed by atoms with van der Waals surface area (Å²) in [5, 5.41) is 3.08. The highest BCUT2D eigenvalue weighted by Crippen LogP contribution is 2.39. The first-order chi connectivity index (χ1) is 13.5. The van der Waals surface area contributed by atoms with Gasteiger partial charge in [0.1, 0.15) is 0 Å². The third kappa shape index (κ3) is 6.19. The number of β-lactam (4-membered cyclic amide) rings is 1. The molecule has 5 nitrogen and oxygen atoms in total. The Morgan fingerprint density at radius 3 is 2.45 bits per heavy atom. The summed E-state index contributed by atoms with van der Waals surface area (Å²) >= 11 is 0. The largest absolute Gasteiger partial charge is 0.449 e. The molecule has 1 heterocycles. The van der Waals surface area contributed by atoms with Crippen LogP contribution in [-0.2, 0) is 14.0 Å². The Balaban J connectivity index is 1.76. The second-order valence-corrected chi connectivity index (χ2v) is 13.8. The molecule has 1 aliphatic rings. The number of nitrogens with one attached hydrogen (secondary N) is 1. The number of ether oxygens (including phenoxy) is 1. The molecule has 1 N–H and O–H groups in total. The maximum Gasteiger partial charge on any atom is 0.339 e. The third-order valence-electron chi connectivity index (χ3n) is 5.85. The van der Waals surface area contributed by atoms with Gasteiger partial charge in [0.25, 0.3) is 0 Å². The van der Waals surface area contributed by atoms with Crippen LogP contribution in [0, 0.1) is 17.8 Å². The Hall–Kier alpha value is -2.10. The van der Waals surface area contributed by atoms with Gasteiger partial charge < -0.3 is 14.5 Å². The minimum atomic E-state index is -1.92. The van der Waals surface area contributed by atoms with Crippen LogP contribution in [0.2, 0.25) is 18.1 Å². The summed E-state index contributed by atoms with van der Waals surface area (Å²) in [6.45, 7) is 13.1. The van der Waals surface area contributed by atoms with Gasteiger partial charge in [-0.05, 0) is 43.6 Å². The van der Waals surface area contributed by atoms with Crippen LogP contribution in [0.15, 0.2) is 30.3 Å². The molecule has 1 fully saturated rings. The van der Waals surface area contributed by atoms with Crippen molar-refractivity contribution in [3.05, 3.63) is 35.9 Å². The van der Waals surface area contributed by atoms with E-state index in [4.69, 9.17) is 9.16 Å². The van der Waals surface area contributed by atoms with Gasteiger partial charge in [-0.1, -0.05) is 50.8 Å². The monoisotopic (exact) mass is 415 g/mol.